The van der Waals surface area contributed by atoms with Crippen molar-refractivity contribution in [1.29, 1.82) is 0 Å². The lowest BCUT2D eigenvalue weighted by Crippen LogP contribution is -2.52. The molecule has 0 spiro atoms. The predicted molar refractivity (Wildman–Crippen MR) is 129 cm³/mol. The number of aryl methyl sites for hydroxylation is 1. The first-order chi connectivity index (χ1) is 14.1. The van der Waals surface area contributed by atoms with Crippen molar-refractivity contribution >= 4 is 48.0 Å². The Hall–Kier alpha value is -2.28. The van der Waals surface area contributed by atoms with Crippen molar-refractivity contribution in [3.05, 3.63) is 59.7 Å². The Labute approximate surface area is 196 Å². The maximum Gasteiger partial charge on any atom is 0.241 e. The number of fused-ring (bicyclic) bond motifs is 1. The maximum atomic E-state index is 12.9. The summed E-state index contributed by atoms with van der Waals surface area (Å²) in [6.45, 7) is 3.99. The summed E-state index contributed by atoms with van der Waals surface area (Å²) in [5.41, 5.74) is 9.70. The average molecular weight is 465 g/mol. The van der Waals surface area contributed by atoms with Crippen molar-refractivity contribution in [2.24, 2.45) is 0 Å². The molecule has 0 aromatic heterocycles. The maximum absolute atomic E-state index is 12.9. The minimum atomic E-state index is 0. The molecule has 0 atom stereocenters. The van der Waals surface area contributed by atoms with Crippen LogP contribution < -0.4 is 10.6 Å². The highest BCUT2D eigenvalue weighted by Crippen LogP contribution is 2.26. The van der Waals surface area contributed by atoms with Crippen LogP contribution in [0.3, 0.4) is 0 Å². The van der Waals surface area contributed by atoms with E-state index in [0.717, 1.165) is 43.7 Å². The molecule has 1 fully saturated rings. The molecule has 2 N–H and O–H groups in total. The summed E-state index contributed by atoms with van der Waals surface area (Å²) in [5, 5.41) is 0. The molecule has 0 aliphatic carbocycles. The molecule has 2 aliphatic heterocycles. The molecule has 0 bridgehead atoms. The van der Waals surface area contributed by atoms with Gasteiger partial charge in [-0.2, -0.15) is 0 Å². The lowest BCUT2D eigenvalue weighted by molar-refractivity contribution is -0.132. The van der Waals surface area contributed by atoms with Crippen molar-refractivity contribution in [2.75, 3.05) is 49.9 Å². The molecule has 168 valence electrons. The quantitative estimate of drug-likeness (QED) is 0.706. The number of benzene rings is 2. The SMILES string of the molecule is Cl.Cl.Nc1ccc(CC(=O)N2CCN(CC(=O)N3CCCc4ccccc43)CC2)cc1. The summed E-state index contributed by atoms with van der Waals surface area (Å²) < 4.78 is 0. The van der Waals surface area contributed by atoms with E-state index in [9.17, 15) is 9.59 Å². The minimum absolute atomic E-state index is 0. The number of piperazine rings is 1. The Kier molecular flexibility index (Phi) is 9.16. The smallest absolute Gasteiger partial charge is 0.241 e. The van der Waals surface area contributed by atoms with Crippen LogP contribution in [0.15, 0.2) is 48.5 Å². The summed E-state index contributed by atoms with van der Waals surface area (Å²) in [5.74, 6) is 0.282. The van der Waals surface area contributed by atoms with Gasteiger partial charge in [0.15, 0.2) is 0 Å². The fraction of sp³-hybridized carbons (Fsp3) is 0.391. The molecule has 2 heterocycles. The van der Waals surface area contributed by atoms with Crippen molar-refractivity contribution in [3.63, 3.8) is 0 Å². The highest BCUT2D eigenvalue weighted by atomic mass is 35.5. The van der Waals surface area contributed by atoms with Crippen LogP contribution in [-0.4, -0.2) is 60.9 Å². The Balaban J connectivity index is 0.00000171. The van der Waals surface area contributed by atoms with Crippen molar-refractivity contribution < 1.29 is 9.59 Å². The summed E-state index contributed by atoms with van der Waals surface area (Å²) in [4.78, 5) is 31.5. The van der Waals surface area contributed by atoms with Crippen LogP contribution >= 0.6 is 24.8 Å². The van der Waals surface area contributed by atoms with Crippen molar-refractivity contribution in [3.8, 4) is 0 Å². The Bertz CT molecular complexity index is 883. The Morgan fingerprint density at radius 1 is 0.839 bits per heavy atom. The zero-order valence-electron chi connectivity index (χ0n) is 17.5. The van der Waals surface area contributed by atoms with Gasteiger partial charge in [0.25, 0.3) is 0 Å². The van der Waals surface area contributed by atoms with Crippen LogP contribution in [0.1, 0.15) is 17.5 Å². The van der Waals surface area contributed by atoms with Gasteiger partial charge in [-0.1, -0.05) is 30.3 Å². The number of nitrogens with zero attached hydrogens (tertiary/aromatic N) is 3. The van der Waals surface area contributed by atoms with Crippen molar-refractivity contribution in [2.45, 2.75) is 19.3 Å². The summed E-state index contributed by atoms with van der Waals surface area (Å²) >= 11 is 0. The number of nitrogens with two attached hydrogens (primary N) is 1. The van der Waals surface area contributed by atoms with E-state index in [-0.39, 0.29) is 36.6 Å². The summed E-state index contributed by atoms with van der Waals surface area (Å²) in [6, 6.07) is 15.6. The van der Waals surface area contributed by atoms with Crippen LogP contribution in [0.5, 0.6) is 0 Å². The van der Waals surface area contributed by atoms with Crippen LogP contribution in [0.2, 0.25) is 0 Å². The highest BCUT2D eigenvalue weighted by molar-refractivity contribution is 5.96. The van der Waals surface area contributed by atoms with E-state index in [0.29, 0.717) is 31.7 Å². The zero-order chi connectivity index (χ0) is 20.2. The average Bonchev–Trinajstić information content (AvgIpc) is 2.75. The zero-order valence-corrected chi connectivity index (χ0v) is 19.2. The minimum Gasteiger partial charge on any atom is -0.399 e. The monoisotopic (exact) mass is 464 g/mol. The Morgan fingerprint density at radius 2 is 1.52 bits per heavy atom. The number of hydrogen-bond donors (Lipinski definition) is 1. The fourth-order valence-electron chi connectivity index (χ4n) is 4.15. The fourth-order valence-corrected chi connectivity index (χ4v) is 4.15. The third-order valence-electron chi connectivity index (χ3n) is 5.83. The van der Waals surface area contributed by atoms with Crippen LogP contribution in [0, 0.1) is 0 Å². The molecule has 8 heteroatoms. The molecule has 4 rings (SSSR count). The number of hydrogen-bond acceptors (Lipinski definition) is 4. The highest BCUT2D eigenvalue weighted by Gasteiger charge is 2.26. The standard InChI is InChI=1S/C23H28N4O2.2ClH/c24-20-9-7-18(8-10-20)16-22(28)26-14-12-25(13-15-26)17-23(29)27-11-3-5-19-4-1-2-6-21(19)27;;/h1-2,4,6-10H,3,5,11-17,24H2;2*1H. The second-order valence-corrected chi connectivity index (χ2v) is 7.85. The largest absolute Gasteiger partial charge is 0.399 e. The summed E-state index contributed by atoms with van der Waals surface area (Å²) in [6.07, 6.45) is 2.44. The number of carbonyl (C=O) groups is 2. The molecular formula is C23H30Cl2N4O2. The molecule has 2 amide bonds. The van der Waals surface area contributed by atoms with Gasteiger partial charge in [-0.25, -0.2) is 0 Å². The van der Waals surface area contributed by atoms with Gasteiger partial charge in [-0.05, 0) is 42.2 Å². The van der Waals surface area contributed by atoms with Gasteiger partial charge < -0.3 is 15.5 Å². The van der Waals surface area contributed by atoms with E-state index in [1.54, 1.807) is 0 Å². The van der Waals surface area contributed by atoms with Crippen LogP contribution in [-0.2, 0) is 22.4 Å². The molecule has 2 aromatic rings. The third-order valence-corrected chi connectivity index (χ3v) is 5.83. The molecular weight excluding hydrogens is 435 g/mol. The first kappa shape index (κ1) is 25.0. The molecule has 0 unspecified atom stereocenters. The second-order valence-electron chi connectivity index (χ2n) is 7.85. The topological polar surface area (TPSA) is 69.9 Å². The summed E-state index contributed by atoms with van der Waals surface area (Å²) in [7, 11) is 0. The van der Waals surface area contributed by atoms with Gasteiger partial charge in [0.2, 0.25) is 11.8 Å². The van der Waals surface area contributed by atoms with E-state index in [2.05, 4.69) is 11.0 Å². The second kappa shape index (κ2) is 11.4. The lowest BCUT2D eigenvalue weighted by atomic mass is 10.0. The van der Waals surface area contributed by atoms with Gasteiger partial charge in [0.1, 0.15) is 0 Å². The van der Waals surface area contributed by atoms with E-state index in [1.165, 1.54) is 5.56 Å². The number of halogens is 2. The van der Waals surface area contributed by atoms with Gasteiger partial charge in [-0.3, -0.25) is 14.5 Å². The molecule has 2 aromatic carbocycles. The molecule has 0 radical (unpaired) electrons. The number of rotatable bonds is 4. The number of nitrogen functional groups attached to an aromatic ring is 1. The first-order valence-electron chi connectivity index (χ1n) is 10.3. The van der Waals surface area contributed by atoms with Gasteiger partial charge >= 0.3 is 0 Å². The predicted octanol–water partition coefficient (Wildman–Crippen LogP) is 2.78. The first-order valence-corrected chi connectivity index (χ1v) is 10.3. The molecule has 0 saturated carbocycles. The van der Waals surface area contributed by atoms with Crippen LogP contribution in [0.4, 0.5) is 11.4 Å². The van der Waals surface area contributed by atoms with Gasteiger partial charge in [-0.15, -0.1) is 24.8 Å². The number of amides is 2. The van der Waals surface area contributed by atoms with Crippen LogP contribution in [0.25, 0.3) is 0 Å². The lowest BCUT2D eigenvalue weighted by Gasteiger charge is -2.36. The van der Waals surface area contributed by atoms with E-state index < -0.39 is 0 Å². The van der Waals surface area contributed by atoms with Crippen molar-refractivity contribution in [1.82, 2.24) is 9.80 Å². The van der Waals surface area contributed by atoms with Gasteiger partial charge in [0.05, 0.1) is 13.0 Å². The number of carbonyl (C=O) groups excluding carboxylic acids is 2. The molecule has 6 nitrogen and oxygen atoms in total. The molecule has 1 saturated heterocycles. The number of anilines is 2. The normalized spacial score (nSPS) is 16.0. The number of para-hydroxylation sites is 1. The van der Waals surface area contributed by atoms with E-state index in [4.69, 9.17) is 5.73 Å². The third kappa shape index (κ3) is 6.12. The molecule has 31 heavy (non-hydrogen) atoms. The Morgan fingerprint density at radius 3 is 2.23 bits per heavy atom. The molecule has 2 aliphatic rings. The van der Waals surface area contributed by atoms with E-state index in [1.807, 2.05) is 52.3 Å². The van der Waals surface area contributed by atoms with E-state index >= 15 is 0 Å². The van der Waals surface area contributed by atoms with Gasteiger partial charge in [0, 0.05) is 44.1 Å².